The zero-order valence-electron chi connectivity index (χ0n) is 7.93. The molecule has 2 rings (SSSR count). The van der Waals surface area contributed by atoms with Crippen molar-refractivity contribution in [3.63, 3.8) is 0 Å². The maximum Gasteiger partial charge on any atom is 0.414 e. The predicted molar refractivity (Wildman–Crippen MR) is 50.1 cm³/mol. The molecule has 0 aromatic carbocycles. The number of cyclic esters (lactones) is 1. The summed E-state index contributed by atoms with van der Waals surface area (Å²) in [7, 11) is 0. The van der Waals surface area contributed by atoms with Gasteiger partial charge in [0.15, 0.2) is 0 Å². The highest BCUT2D eigenvalue weighted by atomic mass is 16.6. The van der Waals surface area contributed by atoms with Crippen molar-refractivity contribution in [1.29, 1.82) is 0 Å². The molecule has 0 saturated carbocycles. The van der Waals surface area contributed by atoms with Crippen LogP contribution >= 0.6 is 0 Å². The Morgan fingerprint density at radius 1 is 1.43 bits per heavy atom. The molecule has 14 heavy (non-hydrogen) atoms. The molecule has 0 bridgehead atoms. The summed E-state index contributed by atoms with van der Waals surface area (Å²) in [6.45, 7) is 2.98. The van der Waals surface area contributed by atoms with Gasteiger partial charge in [-0.3, -0.25) is 4.90 Å². The number of carbonyl (C=O) groups excluding carboxylic acids is 1. The first kappa shape index (κ1) is 8.93. The smallest absolute Gasteiger partial charge is 0.414 e. The minimum Gasteiger partial charge on any atom is -0.449 e. The first-order valence-corrected chi connectivity index (χ1v) is 4.50. The van der Waals surface area contributed by atoms with Gasteiger partial charge in [0.25, 0.3) is 0 Å². The molecule has 0 radical (unpaired) electrons. The summed E-state index contributed by atoms with van der Waals surface area (Å²) in [5, 5.41) is 0. The van der Waals surface area contributed by atoms with Crippen LogP contribution in [0.25, 0.3) is 0 Å². The number of hydrogen-bond acceptors (Lipinski definition) is 4. The van der Waals surface area contributed by atoms with Crippen molar-refractivity contribution in [3.8, 4) is 0 Å². The lowest BCUT2D eigenvalue weighted by molar-refractivity contribution is 0.140. The summed E-state index contributed by atoms with van der Waals surface area (Å²) in [6.07, 6.45) is 3.80. The number of nitrogens with zero attached hydrogens (tertiary/aromatic N) is 3. The average Bonchev–Trinajstić information content (AvgIpc) is 2.20. The summed E-state index contributed by atoms with van der Waals surface area (Å²) >= 11 is 0. The molecule has 1 fully saturated rings. The standard InChI is InChI=1S/C9H11N3O2/c1-7-10-5-8(6-11-7)12-3-2-4-14-9(12)13/h5-6H,2-4H2,1H3. The Morgan fingerprint density at radius 2 is 2.14 bits per heavy atom. The molecule has 0 aliphatic carbocycles. The number of carbonyl (C=O) groups is 1. The SMILES string of the molecule is Cc1ncc(N2CCCOC2=O)cn1. The van der Waals surface area contributed by atoms with Crippen molar-refractivity contribution >= 4 is 11.8 Å². The van der Waals surface area contributed by atoms with E-state index in [2.05, 4.69) is 9.97 Å². The van der Waals surface area contributed by atoms with Crippen LogP contribution in [0.15, 0.2) is 12.4 Å². The predicted octanol–water partition coefficient (Wildman–Crippen LogP) is 1.13. The van der Waals surface area contributed by atoms with E-state index in [9.17, 15) is 4.79 Å². The van der Waals surface area contributed by atoms with E-state index in [1.165, 1.54) is 0 Å². The summed E-state index contributed by atoms with van der Waals surface area (Å²) in [4.78, 5) is 20.9. The lowest BCUT2D eigenvalue weighted by Crippen LogP contribution is -2.37. The fourth-order valence-corrected chi connectivity index (χ4v) is 1.31. The van der Waals surface area contributed by atoms with Gasteiger partial charge in [0, 0.05) is 6.54 Å². The Kier molecular flexibility index (Phi) is 2.30. The summed E-state index contributed by atoms with van der Waals surface area (Å²) in [5.74, 6) is 0.694. The summed E-state index contributed by atoms with van der Waals surface area (Å²) in [5.41, 5.74) is 0.695. The number of amides is 1. The maximum atomic E-state index is 11.3. The van der Waals surface area contributed by atoms with Crippen LogP contribution in [0, 0.1) is 6.92 Å². The molecule has 1 aliphatic rings. The Balaban J connectivity index is 2.20. The van der Waals surface area contributed by atoms with Crippen LogP contribution in [0.4, 0.5) is 10.5 Å². The van der Waals surface area contributed by atoms with Gasteiger partial charge in [-0.1, -0.05) is 0 Å². The van der Waals surface area contributed by atoms with E-state index in [1.54, 1.807) is 24.2 Å². The highest BCUT2D eigenvalue weighted by Crippen LogP contribution is 2.15. The van der Waals surface area contributed by atoms with Gasteiger partial charge in [-0.05, 0) is 13.3 Å². The lowest BCUT2D eigenvalue weighted by atomic mass is 10.3. The fraction of sp³-hybridized carbons (Fsp3) is 0.444. The van der Waals surface area contributed by atoms with Crippen LogP contribution in [0.5, 0.6) is 0 Å². The largest absolute Gasteiger partial charge is 0.449 e. The molecule has 1 aromatic heterocycles. The molecule has 5 nitrogen and oxygen atoms in total. The van der Waals surface area contributed by atoms with Gasteiger partial charge < -0.3 is 4.74 Å². The topological polar surface area (TPSA) is 55.3 Å². The van der Waals surface area contributed by atoms with E-state index >= 15 is 0 Å². The molecule has 1 aliphatic heterocycles. The third-order valence-corrected chi connectivity index (χ3v) is 2.05. The second-order valence-corrected chi connectivity index (χ2v) is 3.11. The van der Waals surface area contributed by atoms with Gasteiger partial charge in [-0.25, -0.2) is 14.8 Å². The van der Waals surface area contributed by atoms with Crippen molar-refractivity contribution in [3.05, 3.63) is 18.2 Å². The van der Waals surface area contributed by atoms with Crippen LogP contribution in [0.3, 0.4) is 0 Å². The molecule has 1 amide bonds. The number of hydrogen-bond donors (Lipinski definition) is 0. The van der Waals surface area contributed by atoms with E-state index in [4.69, 9.17) is 4.74 Å². The first-order valence-electron chi connectivity index (χ1n) is 4.50. The van der Waals surface area contributed by atoms with Crippen LogP contribution in [0.1, 0.15) is 12.2 Å². The Morgan fingerprint density at radius 3 is 2.79 bits per heavy atom. The molecule has 0 spiro atoms. The number of aryl methyl sites for hydroxylation is 1. The number of rotatable bonds is 1. The van der Waals surface area contributed by atoms with Crippen LogP contribution in [-0.2, 0) is 4.74 Å². The zero-order valence-corrected chi connectivity index (χ0v) is 7.93. The fourth-order valence-electron chi connectivity index (χ4n) is 1.31. The highest BCUT2D eigenvalue weighted by Gasteiger charge is 2.21. The quantitative estimate of drug-likeness (QED) is 0.671. The molecular formula is C9H11N3O2. The van der Waals surface area contributed by atoms with Crippen molar-refractivity contribution in [2.75, 3.05) is 18.1 Å². The average molecular weight is 193 g/mol. The normalized spacial score (nSPS) is 16.6. The number of anilines is 1. The van der Waals surface area contributed by atoms with E-state index in [0.29, 0.717) is 24.7 Å². The van der Waals surface area contributed by atoms with Gasteiger partial charge in [-0.15, -0.1) is 0 Å². The van der Waals surface area contributed by atoms with E-state index < -0.39 is 0 Å². The number of aromatic nitrogens is 2. The Labute approximate surface area is 81.7 Å². The molecule has 0 atom stereocenters. The van der Waals surface area contributed by atoms with Crippen LogP contribution in [0.2, 0.25) is 0 Å². The maximum absolute atomic E-state index is 11.3. The zero-order chi connectivity index (χ0) is 9.97. The summed E-state index contributed by atoms with van der Waals surface area (Å²) in [6, 6.07) is 0. The molecule has 0 N–H and O–H groups in total. The lowest BCUT2D eigenvalue weighted by Gasteiger charge is -2.25. The molecule has 1 saturated heterocycles. The van der Waals surface area contributed by atoms with Gasteiger partial charge >= 0.3 is 6.09 Å². The first-order chi connectivity index (χ1) is 6.77. The second kappa shape index (κ2) is 3.61. The monoisotopic (exact) mass is 193 g/mol. The Bertz CT molecular complexity index is 336. The molecular weight excluding hydrogens is 182 g/mol. The third-order valence-electron chi connectivity index (χ3n) is 2.05. The highest BCUT2D eigenvalue weighted by molar-refractivity contribution is 5.87. The second-order valence-electron chi connectivity index (χ2n) is 3.11. The molecule has 2 heterocycles. The van der Waals surface area contributed by atoms with Crippen molar-refractivity contribution < 1.29 is 9.53 Å². The third kappa shape index (κ3) is 1.66. The molecule has 1 aromatic rings. The van der Waals surface area contributed by atoms with Gasteiger partial charge in [0.1, 0.15) is 5.82 Å². The molecule has 74 valence electrons. The van der Waals surface area contributed by atoms with Gasteiger partial charge in [0.2, 0.25) is 0 Å². The minimum absolute atomic E-state index is 0.316. The van der Waals surface area contributed by atoms with E-state index in [0.717, 1.165) is 6.42 Å². The summed E-state index contributed by atoms with van der Waals surface area (Å²) < 4.78 is 4.91. The Hall–Kier alpha value is -1.65. The van der Waals surface area contributed by atoms with Gasteiger partial charge in [-0.2, -0.15) is 0 Å². The van der Waals surface area contributed by atoms with Crippen molar-refractivity contribution in [2.24, 2.45) is 0 Å². The number of ether oxygens (including phenoxy) is 1. The van der Waals surface area contributed by atoms with E-state index in [1.807, 2.05) is 0 Å². The van der Waals surface area contributed by atoms with Crippen molar-refractivity contribution in [2.45, 2.75) is 13.3 Å². The van der Waals surface area contributed by atoms with Crippen LogP contribution < -0.4 is 4.90 Å². The van der Waals surface area contributed by atoms with Gasteiger partial charge in [0.05, 0.1) is 24.7 Å². The minimum atomic E-state index is -0.316. The molecule has 0 unspecified atom stereocenters. The van der Waals surface area contributed by atoms with Crippen molar-refractivity contribution in [1.82, 2.24) is 9.97 Å². The van der Waals surface area contributed by atoms with E-state index in [-0.39, 0.29) is 6.09 Å². The molecule has 5 heteroatoms. The van der Waals surface area contributed by atoms with Crippen LogP contribution in [-0.4, -0.2) is 29.2 Å².